The third kappa shape index (κ3) is 5.33. The second-order valence-electron chi connectivity index (χ2n) is 8.54. The minimum atomic E-state index is -2.96. The normalized spacial score (nSPS) is 11.4. The van der Waals surface area contributed by atoms with Crippen molar-refractivity contribution in [3.05, 3.63) is 87.7 Å². The van der Waals surface area contributed by atoms with E-state index in [1.54, 1.807) is 12.1 Å². The first-order valence-electron chi connectivity index (χ1n) is 11.1. The van der Waals surface area contributed by atoms with E-state index in [0.29, 0.717) is 11.9 Å². The third-order valence-corrected chi connectivity index (χ3v) is 5.79. The molecule has 4 rings (SSSR count). The van der Waals surface area contributed by atoms with Crippen molar-refractivity contribution in [1.29, 1.82) is 0 Å². The van der Waals surface area contributed by atoms with Gasteiger partial charge in [-0.2, -0.15) is 13.9 Å². The fourth-order valence-electron chi connectivity index (χ4n) is 4.12. The quantitative estimate of drug-likeness (QED) is 0.340. The molecule has 0 unspecified atom stereocenters. The number of aryl methyl sites for hydroxylation is 2. The first-order chi connectivity index (χ1) is 16.8. The monoisotopic (exact) mass is 479 g/mol. The third-order valence-electron chi connectivity index (χ3n) is 5.79. The molecule has 0 aliphatic heterocycles. The lowest BCUT2D eigenvalue weighted by Gasteiger charge is -2.20. The number of halogens is 2. The van der Waals surface area contributed by atoms with Crippen molar-refractivity contribution >= 4 is 10.8 Å². The van der Waals surface area contributed by atoms with Crippen LogP contribution >= 0.6 is 0 Å². The van der Waals surface area contributed by atoms with E-state index in [9.17, 15) is 13.6 Å². The van der Waals surface area contributed by atoms with Gasteiger partial charge in [0.05, 0.1) is 24.9 Å². The Labute approximate surface area is 202 Å². The Morgan fingerprint density at radius 2 is 1.74 bits per heavy atom. The van der Waals surface area contributed by atoms with E-state index < -0.39 is 6.61 Å². The number of rotatable bonds is 8. The average Bonchev–Trinajstić information content (AvgIpc) is 2.82. The number of ether oxygens (including phenoxy) is 2. The summed E-state index contributed by atoms with van der Waals surface area (Å²) >= 11 is 0. The Hall–Kier alpha value is -3.78. The van der Waals surface area contributed by atoms with E-state index in [-0.39, 0.29) is 23.7 Å². The maximum atomic E-state index is 13.3. The number of alkyl halides is 2. The van der Waals surface area contributed by atoms with E-state index in [1.165, 1.54) is 17.9 Å². The topological polar surface area (TPSA) is 56.6 Å². The molecule has 0 fully saturated rings. The molecule has 8 heteroatoms. The minimum absolute atomic E-state index is 0.0356. The molecule has 0 spiro atoms. The molecule has 0 bridgehead atoms. The number of methoxy groups -OCH3 is 1. The molecule has 6 nitrogen and oxygen atoms in total. The minimum Gasteiger partial charge on any atom is -0.493 e. The van der Waals surface area contributed by atoms with Crippen molar-refractivity contribution in [2.75, 3.05) is 14.2 Å². The first-order valence-corrected chi connectivity index (χ1v) is 11.1. The van der Waals surface area contributed by atoms with Crippen LogP contribution in [-0.4, -0.2) is 35.4 Å². The summed E-state index contributed by atoms with van der Waals surface area (Å²) in [6.07, 6.45) is 0. The van der Waals surface area contributed by atoms with Crippen LogP contribution in [0, 0.1) is 13.8 Å². The van der Waals surface area contributed by atoms with Crippen LogP contribution in [0.2, 0.25) is 0 Å². The summed E-state index contributed by atoms with van der Waals surface area (Å²) < 4.78 is 36.7. The van der Waals surface area contributed by atoms with Gasteiger partial charge in [0.15, 0.2) is 11.5 Å². The second kappa shape index (κ2) is 10.2. The molecule has 1 aromatic heterocycles. The molecule has 0 radical (unpaired) electrons. The van der Waals surface area contributed by atoms with Crippen molar-refractivity contribution < 1.29 is 18.3 Å². The van der Waals surface area contributed by atoms with E-state index >= 15 is 0 Å². The maximum absolute atomic E-state index is 13.3. The van der Waals surface area contributed by atoms with Gasteiger partial charge < -0.3 is 9.47 Å². The number of hydrogen-bond acceptors (Lipinski definition) is 5. The van der Waals surface area contributed by atoms with Crippen LogP contribution in [0.15, 0.2) is 65.5 Å². The molecule has 3 aromatic carbocycles. The molecular weight excluding hydrogens is 452 g/mol. The van der Waals surface area contributed by atoms with Gasteiger partial charge in [0.25, 0.3) is 5.56 Å². The molecule has 35 heavy (non-hydrogen) atoms. The van der Waals surface area contributed by atoms with Crippen molar-refractivity contribution in [3.8, 4) is 22.8 Å². The lowest BCUT2D eigenvalue weighted by molar-refractivity contribution is -0.0512. The van der Waals surface area contributed by atoms with Gasteiger partial charge >= 0.3 is 6.61 Å². The SMILES string of the molecule is COc1ccc(CN(C)Cn2nc(-c3cc(C)ccc3C)c3ccccc3c2=O)cc1OC(F)F. The zero-order chi connectivity index (χ0) is 25.1. The Morgan fingerprint density at radius 1 is 1.00 bits per heavy atom. The summed E-state index contributed by atoms with van der Waals surface area (Å²) in [6, 6.07) is 18.5. The Balaban J connectivity index is 1.69. The van der Waals surface area contributed by atoms with Gasteiger partial charge in [-0.05, 0) is 56.3 Å². The van der Waals surface area contributed by atoms with Crippen LogP contribution in [0.4, 0.5) is 8.78 Å². The lowest BCUT2D eigenvalue weighted by Crippen LogP contribution is -2.32. The highest BCUT2D eigenvalue weighted by atomic mass is 19.3. The van der Waals surface area contributed by atoms with E-state index in [4.69, 9.17) is 9.84 Å². The average molecular weight is 480 g/mol. The first kappa shape index (κ1) is 24.3. The fraction of sp³-hybridized carbons (Fsp3) is 0.259. The summed E-state index contributed by atoms with van der Waals surface area (Å²) in [5.74, 6) is 0.189. The maximum Gasteiger partial charge on any atom is 0.387 e. The van der Waals surface area contributed by atoms with Gasteiger partial charge in [0.1, 0.15) is 0 Å². The van der Waals surface area contributed by atoms with Crippen LogP contribution in [0.5, 0.6) is 11.5 Å². The van der Waals surface area contributed by atoms with Gasteiger partial charge in [0.2, 0.25) is 0 Å². The molecule has 0 aliphatic rings. The van der Waals surface area contributed by atoms with Crippen molar-refractivity contribution in [2.24, 2.45) is 0 Å². The summed E-state index contributed by atoms with van der Waals surface area (Å²) in [6.45, 7) is 1.67. The van der Waals surface area contributed by atoms with Crippen molar-refractivity contribution in [1.82, 2.24) is 14.7 Å². The Bertz CT molecular complexity index is 1420. The molecule has 0 saturated heterocycles. The predicted octanol–water partition coefficient (Wildman–Crippen LogP) is 5.38. The number of hydrogen-bond donors (Lipinski definition) is 0. The van der Waals surface area contributed by atoms with Crippen LogP contribution in [-0.2, 0) is 13.2 Å². The van der Waals surface area contributed by atoms with Gasteiger partial charge in [-0.3, -0.25) is 9.69 Å². The highest BCUT2D eigenvalue weighted by Crippen LogP contribution is 2.30. The number of fused-ring (bicyclic) bond motifs is 1. The van der Waals surface area contributed by atoms with E-state index in [1.807, 2.05) is 62.2 Å². The van der Waals surface area contributed by atoms with Crippen LogP contribution in [0.1, 0.15) is 16.7 Å². The van der Waals surface area contributed by atoms with Crippen LogP contribution < -0.4 is 15.0 Å². The fourth-order valence-corrected chi connectivity index (χ4v) is 4.12. The number of benzene rings is 3. The zero-order valence-corrected chi connectivity index (χ0v) is 20.1. The molecule has 0 saturated carbocycles. The predicted molar refractivity (Wildman–Crippen MR) is 132 cm³/mol. The van der Waals surface area contributed by atoms with Crippen LogP contribution in [0.25, 0.3) is 22.0 Å². The zero-order valence-electron chi connectivity index (χ0n) is 20.1. The van der Waals surface area contributed by atoms with Gasteiger partial charge in [-0.25, -0.2) is 4.68 Å². The second-order valence-corrected chi connectivity index (χ2v) is 8.54. The number of nitrogens with zero attached hydrogens (tertiary/aromatic N) is 3. The largest absolute Gasteiger partial charge is 0.493 e. The molecule has 0 aliphatic carbocycles. The van der Waals surface area contributed by atoms with Crippen molar-refractivity contribution in [2.45, 2.75) is 33.7 Å². The standard InChI is InChI=1S/C27H27F2N3O3/c1-17-9-10-18(2)22(13-17)25-20-7-5-6-8-21(20)26(33)32(30-25)16-31(3)15-19-11-12-23(34-4)24(14-19)35-27(28)29/h5-14,27H,15-16H2,1-4H3. The van der Waals surface area contributed by atoms with Crippen LogP contribution in [0.3, 0.4) is 0 Å². The molecule has 0 atom stereocenters. The summed E-state index contributed by atoms with van der Waals surface area (Å²) in [5.41, 5.74) is 4.42. The smallest absolute Gasteiger partial charge is 0.387 e. The number of aromatic nitrogens is 2. The molecule has 1 heterocycles. The van der Waals surface area contributed by atoms with E-state index in [0.717, 1.165) is 33.3 Å². The van der Waals surface area contributed by atoms with Gasteiger partial charge in [0, 0.05) is 17.5 Å². The van der Waals surface area contributed by atoms with Gasteiger partial charge in [-0.15, -0.1) is 0 Å². The van der Waals surface area contributed by atoms with E-state index in [2.05, 4.69) is 10.8 Å². The summed E-state index contributed by atoms with van der Waals surface area (Å²) in [4.78, 5) is 15.1. The molecule has 182 valence electrons. The highest BCUT2D eigenvalue weighted by Gasteiger charge is 2.16. The summed E-state index contributed by atoms with van der Waals surface area (Å²) in [7, 11) is 3.23. The highest BCUT2D eigenvalue weighted by molar-refractivity contribution is 5.94. The van der Waals surface area contributed by atoms with Crippen molar-refractivity contribution in [3.63, 3.8) is 0 Å². The molecule has 0 amide bonds. The molecular formula is C27H27F2N3O3. The Kier molecular flexibility index (Phi) is 7.12. The summed E-state index contributed by atoms with van der Waals surface area (Å²) in [5, 5.41) is 6.14. The Morgan fingerprint density at radius 3 is 2.46 bits per heavy atom. The molecule has 4 aromatic rings. The van der Waals surface area contributed by atoms with Gasteiger partial charge in [-0.1, -0.05) is 42.0 Å². The molecule has 0 N–H and O–H groups in total. The lowest BCUT2D eigenvalue weighted by atomic mass is 9.99.